The molecule has 0 aliphatic carbocycles. The van der Waals surface area contributed by atoms with Crippen molar-refractivity contribution in [1.82, 2.24) is 5.32 Å². The molecule has 0 saturated heterocycles. The second-order valence-electron chi connectivity index (χ2n) is 5.86. The van der Waals surface area contributed by atoms with E-state index in [0.29, 0.717) is 12.2 Å². The molecule has 1 N–H and O–H groups in total. The number of hydrogen-bond donors (Lipinski definition) is 1. The van der Waals surface area contributed by atoms with Crippen LogP contribution in [0.15, 0.2) is 60.7 Å². The maximum absolute atomic E-state index is 12.4. The molecular formula is C19H23NO2. The fraction of sp³-hybridized carbons (Fsp3) is 0.316. The van der Waals surface area contributed by atoms with Gasteiger partial charge in [0, 0.05) is 11.5 Å². The Hall–Kier alpha value is -2.13. The zero-order chi connectivity index (χ0) is 16.0. The van der Waals surface area contributed by atoms with E-state index in [9.17, 15) is 4.79 Å². The number of hydrogen-bond acceptors (Lipinski definition) is 2. The largest absolute Gasteiger partial charge is 0.351 e. The Kier molecular flexibility index (Phi) is 5.34. The van der Waals surface area contributed by atoms with Gasteiger partial charge >= 0.3 is 0 Å². The van der Waals surface area contributed by atoms with Crippen molar-refractivity contribution in [3.8, 4) is 0 Å². The van der Waals surface area contributed by atoms with E-state index >= 15 is 0 Å². The Morgan fingerprint density at radius 3 is 2.14 bits per heavy atom. The number of amides is 1. The van der Waals surface area contributed by atoms with E-state index in [1.165, 1.54) is 0 Å². The van der Waals surface area contributed by atoms with Crippen LogP contribution in [-0.4, -0.2) is 11.6 Å². The van der Waals surface area contributed by atoms with Crippen LogP contribution in [0, 0.1) is 5.92 Å². The zero-order valence-electron chi connectivity index (χ0n) is 13.4. The first-order valence-corrected chi connectivity index (χ1v) is 7.57. The predicted molar refractivity (Wildman–Crippen MR) is 88.4 cm³/mol. The molecule has 116 valence electrons. The number of nitrogens with one attached hydrogen (secondary N) is 1. The summed E-state index contributed by atoms with van der Waals surface area (Å²) in [5.74, 6) is 0.0220. The van der Waals surface area contributed by atoms with Crippen LogP contribution in [0.1, 0.15) is 36.7 Å². The quantitative estimate of drug-likeness (QED) is 0.818. The number of carbonyl (C=O) groups is 1. The van der Waals surface area contributed by atoms with Crippen molar-refractivity contribution in [2.24, 2.45) is 5.92 Å². The fourth-order valence-electron chi connectivity index (χ4n) is 2.04. The van der Waals surface area contributed by atoms with Crippen molar-refractivity contribution in [2.75, 3.05) is 0 Å². The van der Waals surface area contributed by atoms with Gasteiger partial charge in [-0.05, 0) is 24.6 Å². The smallest absolute Gasteiger partial charge is 0.253 e. The summed E-state index contributed by atoms with van der Waals surface area (Å²) >= 11 is 0. The van der Waals surface area contributed by atoms with Gasteiger partial charge in [0.25, 0.3) is 5.91 Å². The average molecular weight is 297 g/mol. The van der Waals surface area contributed by atoms with Gasteiger partial charge in [-0.2, -0.15) is 0 Å². The van der Waals surface area contributed by atoms with Crippen LogP contribution in [0.5, 0.6) is 0 Å². The summed E-state index contributed by atoms with van der Waals surface area (Å²) < 4.78 is 6.04. The van der Waals surface area contributed by atoms with Gasteiger partial charge in [0.15, 0.2) is 0 Å². The highest BCUT2D eigenvalue weighted by atomic mass is 16.5. The van der Waals surface area contributed by atoms with Crippen molar-refractivity contribution in [2.45, 2.75) is 33.1 Å². The van der Waals surface area contributed by atoms with Gasteiger partial charge in [0.1, 0.15) is 5.72 Å². The maximum Gasteiger partial charge on any atom is 0.253 e. The molecule has 1 unspecified atom stereocenters. The van der Waals surface area contributed by atoms with E-state index in [0.717, 1.165) is 5.56 Å². The summed E-state index contributed by atoms with van der Waals surface area (Å²) in [5.41, 5.74) is 1.00. The van der Waals surface area contributed by atoms with E-state index in [4.69, 9.17) is 4.74 Å². The van der Waals surface area contributed by atoms with Gasteiger partial charge in [0.05, 0.1) is 6.61 Å². The first kappa shape index (κ1) is 16.2. The van der Waals surface area contributed by atoms with Gasteiger partial charge in [0.2, 0.25) is 0 Å². The monoisotopic (exact) mass is 297 g/mol. The number of benzene rings is 2. The SMILES string of the molecule is CC(C)C(C)(NC(=O)c1ccccc1)OCc1ccccc1. The summed E-state index contributed by atoms with van der Waals surface area (Å²) in [6.07, 6.45) is 0. The third-order valence-electron chi connectivity index (χ3n) is 3.88. The van der Waals surface area contributed by atoms with Crippen LogP contribution in [0.4, 0.5) is 0 Å². The minimum atomic E-state index is -0.719. The molecule has 2 aromatic rings. The third-order valence-corrected chi connectivity index (χ3v) is 3.88. The molecule has 0 radical (unpaired) electrons. The van der Waals surface area contributed by atoms with E-state index < -0.39 is 5.72 Å². The van der Waals surface area contributed by atoms with Gasteiger partial charge in [-0.1, -0.05) is 62.4 Å². The van der Waals surface area contributed by atoms with E-state index in [-0.39, 0.29) is 11.8 Å². The lowest BCUT2D eigenvalue weighted by molar-refractivity contribution is -0.0917. The number of rotatable bonds is 6. The summed E-state index contributed by atoms with van der Waals surface area (Å²) in [6.45, 7) is 6.46. The van der Waals surface area contributed by atoms with Gasteiger partial charge in [-0.3, -0.25) is 4.79 Å². The maximum atomic E-state index is 12.4. The molecule has 3 heteroatoms. The van der Waals surface area contributed by atoms with Crippen molar-refractivity contribution in [1.29, 1.82) is 0 Å². The normalized spacial score (nSPS) is 13.6. The standard InChI is InChI=1S/C19H23NO2/c1-15(2)19(3,22-14-16-10-6-4-7-11-16)20-18(21)17-12-8-5-9-13-17/h4-13,15H,14H2,1-3H3,(H,20,21). The second kappa shape index (κ2) is 7.23. The molecule has 0 saturated carbocycles. The van der Waals surface area contributed by atoms with Crippen molar-refractivity contribution < 1.29 is 9.53 Å². The van der Waals surface area contributed by atoms with E-state index in [1.807, 2.05) is 69.3 Å². The Morgan fingerprint density at radius 2 is 1.59 bits per heavy atom. The molecule has 0 aliphatic rings. The molecule has 22 heavy (non-hydrogen) atoms. The molecule has 0 spiro atoms. The Balaban J connectivity index is 2.06. The lowest BCUT2D eigenvalue weighted by Crippen LogP contribution is -2.52. The number of carbonyl (C=O) groups excluding carboxylic acids is 1. The summed E-state index contributed by atoms with van der Waals surface area (Å²) in [4.78, 5) is 12.4. The third kappa shape index (κ3) is 4.18. The average Bonchev–Trinajstić information content (AvgIpc) is 2.54. The van der Waals surface area contributed by atoms with Crippen LogP contribution in [0.3, 0.4) is 0 Å². The van der Waals surface area contributed by atoms with Crippen LogP contribution in [0.2, 0.25) is 0 Å². The zero-order valence-corrected chi connectivity index (χ0v) is 13.4. The Morgan fingerprint density at radius 1 is 1.05 bits per heavy atom. The lowest BCUT2D eigenvalue weighted by Gasteiger charge is -2.35. The molecule has 0 bridgehead atoms. The Labute approximate surface area is 132 Å². The minimum absolute atomic E-state index is 0.120. The van der Waals surface area contributed by atoms with Crippen LogP contribution in [-0.2, 0) is 11.3 Å². The van der Waals surface area contributed by atoms with Gasteiger partial charge in [-0.15, -0.1) is 0 Å². The highest BCUT2D eigenvalue weighted by Crippen LogP contribution is 2.21. The van der Waals surface area contributed by atoms with Crippen molar-refractivity contribution in [3.05, 3.63) is 71.8 Å². The van der Waals surface area contributed by atoms with Crippen LogP contribution < -0.4 is 5.32 Å². The molecule has 1 amide bonds. The summed E-state index contributed by atoms with van der Waals surface area (Å²) in [7, 11) is 0. The molecule has 2 aromatic carbocycles. The highest BCUT2D eigenvalue weighted by Gasteiger charge is 2.31. The summed E-state index contributed by atoms with van der Waals surface area (Å²) in [6, 6.07) is 19.2. The predicted octanol–water partition coefficient (Wildman–Crippen LogP) is 4.01. The lowest BCUT2D eigenvalue weighted by atomic mass is 10.0. The van der Waals surface area contributed by atoms with Gasteiger partial charge in [-0.25, -0.2) is 0 Å². The van der Waals surface area contributed by atoms with Crippen molar-refractivity contribution in [3.63, 3.8) is 0 Å². The first-order chi connectivity index (χ1) is 10.5. The van der Waals surface area contributed by atoms with E-state index in [2.05, 4.69) is 5.32 Å². The molecule has 2 rings (SSSR count). The molecular weight excluding hydrogens is 274 g/mol. The molecule has 0 aliphatic heterocycles. The highest BCUT2D eigenvalue weighted by molar-refractivity contribution is 5.94. The fourth-order valence-corrected chi connectivity index (χ4v) is 2.04. The van der Waals surface area contributed by atoms with Gasteiger partial charge < -0.3 is 10.1 Å². The molecule has 1 atom stereocenters. The second-order valence-corrected chi connectivity index (χ2v) is 5.86. The number of ether oxygens (including phenoxy) is 1. The van der Waals surface area contributed by atoms with Crippen LogP contribution in [0.25, 0.3) is 0 Å². The van der Waals surface area contributed by atoms with E-state index in [1.54, 1.807) is 12.1 Å². The summed E-state index contributed by atoms with van der Waals surface area (Å²) in [5, 5.41) is 3.02. The molecule has 3 nitrogen and oxygen atoms in total. The molecule has 0 fully saturated rings. The topological polar surface area (TPSA) is 38.3 Å². The van der Waals surface area contributed by atoms with Crippen molar-refractivity contribution >= 4 is 5.91 Å². The first-order valence-electron chi connectivity index (χ1n) is 7.57. The Bertz CT molecular complexity index is 595. The van der Waals surface area contributed by atoms with Crippen LogP contribution >= 0.6 is 0 Å². The minimum Gasteiger partial charge on any atom is -0.351 e. The molecule has 0 heterocycles. The molecule has 0 aromatic heterocycles.